The number of nitrogens with zero attached hydrogens (tertiary/aromatic N) is 1. The molecule has 88 valence electrons. The summed E-state index contributed by atoms with van der Waals surface area (Å²) in [4.78, 5) is 15.4. The molecule has 4 nitrogen and oxygen atoms in total. The first-order chi connectivity index (χ1) is 8.22. The van der Waals surface area contributed by atoms with Crippen molar-refractivity contribution < 1.29 is 9.53 Å². The number of ether oxygens (including phenoxy) is 1. The number of rotatable bonds is 3. The van der Waals surface area contributed by atoms with Gasteiger partial charge in [0.15, 0.2) is 5.69 Å². The second-order valence-electron chi connectivity index (χ2n) is 3.46. The average molecular weight is 248 g/mol. The smallest absolute Gasteiger partial charge is 0.359 e. The topological polar surface area (TPSA) is 51.2 Å². The zero-order chi connectivity index (χ0) is 12.3. The number of carbonyl (C=O) groups is 1. The Kier molecular flexibility index (Phi) is 3.39. The molecule has 0 atom stereocenters. The van der Waals surface area contributed by atoms with Gasteiger partial charge in [-0.3, -0.25) is 0 Å². The number of nitrogens with one attached hydrogen (secondary N) is 1. The van der Waals surface area contributed by atoms with E-state index in [1.807, 2.05) is 31.2 Å². The van der Waals surface area contributed by atoms with Crippen molar-refractivity contribution in [3.63, 3.8) is 0 Å². The molecule has 1 heterocycles. The van der Waals surface area contributed by atoms with E-state index in [1.54, 1.807) is 5.51 Å². The minimum absolute atomic E-state index is 0.320. The second kappa shape index (κ2) is 4.97. The molecule has 1 N–H and O–H groups in total. The van der Waals surface area contributed by atoms with Crippen LogP contribution in [0.3, 0.4) is 0 Å². The molecule has 1 aromatic heterocycles. The van der Waals surface area contributed by atoms with Crippen LogP contribution in [0, 0.1) is 6.92 Å². The zero-order valence-electron chi connectivity index (χ0n) is 9.56. The maximum absolute atomic E-state index is 11.5. The number of esters is 1. The van der Waals surface area contributed by atoms with E-state index in [1.165, 1.54) is 18.4 Å². The van der Waals surface area contributed by atoms with Gasteiger partial charge >= 0.3 is 5.97 Å². The van der Waals surface area contributed by atoms with E-state index in [-0.39, 0.29) is 0 Å². The number of anilines is 2. The Morgan fingerprint density at radius 1 is 1.41 bits per heavy atom. The Morgan fingerprint density at radius 3 is 2.88 bits per heavy atom. The van der Waals surface area contributed by atoms with Crippen molar-refractivity contribution in [2.45, 2.75) is 6.92 Å². The fourth-order valence-corrected chi connectivity index (χ4v) is 2.09. The Morgan fingerprint density at radius 2 is 2.18 bits per heavy atom. The van der Waals surface area contributed by atoms with E-state index in [9.17, 15) is 4.79 Å². The Balaban J connectivity index is 2.28. The summed E-state index contributed by atoms with van der Waals surface area (Å²) in [5, 5.41) is 3.89. The van der Waals surface area contributed by atoms with Gasteiger partial charge in [-0.1, -0.05) is 18.2 Å². The molecule has 1 aromatic carbocycles. The van der Waals surface area contributed by atoms with E-state index in [2.05, 4.69) is 15.0 Å². The first kappa shape index (κ1) is 11.6. The van der Waals surface area contributed by atoms with Crippen LogP contribution in [0.5, 0.6) is 0 Å². The first-order valence-corrected chi connectivity index (χ1v) is 5.95. The normalized spacial score (nSPS) is 10.0. The van der Waals surface area contributed by atoms with E-state index in [0.29, 0.717) is 10.7 Å². The minimum atomic E-state index is -0.428. The number of aromatic nitrogens is 1. The maximum atomic E-state index is 11.5. The molecule has 2 rings (SSSR count). The van der Waals surface area contributed by atoms with Crippen LogP contribution in [-0.2, 0) is 4.74 Å². The molecule has 0 fully saturated rings. The van der Waals surface area contributed by atoms with Gasteiger partial charge in [-0.25, -0.2) is 9.78 Å². The predicted molar refractivity (Wildman–Crippen MR) is 67.9 cm³/mol. The number of methoxy groups -OCH3 is 1. The standard InChI is InChI=1S/C12H12N2O2S/c1-8-5-3-4-6-9(8)14-11-10(12(15)16-2)13-7-17-11/h3-7,14H,1-2H3. The summed E-state index contributed by atoms with van der Waals surface area (Å²) in [7, 11) is 1.35. The summed E-state index contributed by atoms with van der Waals surface area (Å²) >= 11 is 1.37. The summed E-state index contributed by atoms with van der Waals surface area (Å²) in [5.74, 6) is -0.428. The summed E-state index contributed by atoms with van der Waals surface area (Å²) in [6, 6.07) is 7.86. The lowest BCUT2D eigenvalue weighted by molar-refractivity contribution is 0.0596. The molecule has 0 aliphatic heterocycles. The largest absolute Gasteiger partial charge is 0.464 e. The lowest BCUT2D eigenvalue weighted by Gasteiger charge is -2.07. The fourth-order valence-electron chi connectivity index (χ4n) is 1.41. The van der Waals surface area contributed by atoms with Crippen molar-refractivity contribution in [1.29, 1.82) is 0 Å². The van der Waals surface area contributed by atoms with Crippen molar-refractivity contribution >= 4 is 28.0 Å². The first-order valence-electron chi connectivity index (χ1n) is 5.07. The molecular formula is C12H12N2O2S. The summed E-state index contributed by atoms with van der Waals surface area (Å²) in [6.07, 6.45) is 0. The number of aryl methyl sites for hydroxylation is 1. The molecule has 0 aliphatic carbocycles. The Labute approximate surface area is 103 Å². The molecule has 0 bridgehead atoms. The lowest BCUT2D eigenvalue weighted by Crippen LogP contribution is -2.05. The van der Waals surface area contributed by atoms with Gasteiger partial charge in [-0.05, 0) is 18.6 Å². The van der Waals surface area contributed by atoms with Crippen molar-refractivity contribution in [3.8, 4) is 0 Å². The van der Waals surface area contributed by atoms with Crippen molar-refractivity contribution in [2.75, 3.05) is 12.4 Å². The highest BCUT2D eigenvalue weighted by Gasteiger charge is 2.15. The van der Waals surface area contributed by atoms with Crippen LogP contribution in [0.4, 0.5) is 10.7 Å². The van der Waals surface area contributed by atoms with Gasteiger partial charge < -0.3 is 10.1 Å². The monoisotopic (exact) mass is 248 g/mol. The van der Waals surface area contributed by atoms with Gasteiger partial charge in [-0.2, -0.15) is 0 Å². The van der Waals surface area contributed by atoms with E-state index < -0.39 is 5.97 Å². The molecule has 0 unspecified atom stereocenters. The van der Waals surface area contributed by atoms with Gasteiger partial charge in [0.1, 0.15) is 5.00 Å². The number of carbonyl (C=O) groups excluding carboxylic acids is 1. The van der Waals surface area contributed by atoms with Crippen LogP contribution in [0.1, 0.15) is 16.1 Å². The Bertz CT molecular complexity index is 537. The summed E-state index contributed by atoms with van der Waals surface area (Å²) in [5.41, 5.74) is 4.01. The molecule has 0 radical (unpaired) electrons. The van der Waals surface area contributed by atoms with Crippen LogP contribution in [0.2, 0.25) is 0 Å². The van der Waals surface area contributed by atoms with Crippen molar-refractivity contribution in [2.24, 2.45) is 0 Å². The molecule has 0 saturated carbocycles. The molecule has 5 heteroatoms. The van der Waals surface area contributed by atoms with E-state index in [4.69, 9.17) is 0 Å². The predicted octanol–water partition coefficient (Wildman–Crippen LogP) is 2.98. The van der Waals surface area contributed by atoms with E-state index >= 15 is 0 Å². The number of hydrogen-bond acceptors (Lipinski definition) is 5. The second-order valence-corrected chi connectivity index (χ2v) is 4.32. The molecule has 0 saturated heterocycles. The Hall–Kier alpha value is -1.88. The van der Waals surface area contributed by atoms with Gasteiger partial charge in [0.2, 0.25) is 0 Å². The van der Waals surface area contributed by atoms with Crippen LogP contribution < -0.4 is 5.32 Å². The van der Waals surface area contributed by atoms with Gasteiger partial charge in [0.05, 0.1) is 12.6 Å². The zero-order valence-corrected chi connectivity index (χ0v) is 10.4. The summed E-state index contributed by atoms with van der Waals surface area (Å²) in [6.45, 7) is 2.00. The van der Waals surface area contributed by atoms with Crippen molar-refractivity contribution in [1.82, 2.24) is 4.98 Å². The quantitative estimate of drug-likeness (QED) is 0.848. The highest BCUT2D eigenvalue weighted by atomic mass is 32.1. The maximum Gasteiger partial charge on any atom is 0.359 e. The molecule has 0 spiro atoms. The van der Waals surface area contributed by atoms with Crippen LogP contribution in [0.25, 0.3) is 0 Å². The lowest BCUT2D eigenvalue weighted by atomic mass is 10.2. The number of benzene rings is 1. The molecular weight excluding hydrogens is 236 g/mol. The number of thiazole rings is 1. The SMILES string of the molecule is COC(=O)c1ncsc1Nc1ccccc1C. The molecule has 2 aromatic rings. The molecule has 17 heavy (non-hydrogen) atoms. The minimum Gasteiger partial charge on any atom is -0.464 e. The van der Waals surface area contributed by atoms with Crippen molar-refractivity contribution in [3.05, 3.63) is 41.0 Å². The fraction of sp³-hybridized carbons (Fsp3) is 0.167. The van der Waals surface area contributed by atoms with Gasteiger partial charge in [0, 0.05) is 5.69 Å². The van der Waals surface area contributed by atoms with Crippen LogP contribution >= 0.6 is 11.3 Å². The third-order valence-electron chi connectivity index (χ3n) is 2.34. The molecule has 0 aliphatic rings. The number of hydrogen-bond donors (Lipinski definition) is 1. The summed E-state index contributed by atoms with van der Waals surface area (Å²) < 4.78 is 4.67. The van der Waals surface area contributed by atoms with Crippen LogP contribution in [-0.4, -0.2) is 18.1 Å². The molecule has 0 amide bonds. The third-order valence-corrected chi connectivity index (χ3v) is 3.08. The van der Waals surface area contributed by atoms with Gasteiger partial charge in [-0.15, -0.1) is 11.3 Å². The average Bonchev–Trinajstić information content (AvgIpc) is 2.79. The van der Waals surface area contributed by atoms with E-state index in [0.717, 1.165) is 11.3 Å². The highest BCUT2D eigenvalue weighted by molar-refractivity contribution is 7.14. The number of para-hydroxylation sites is 1. The van der Waals surface area contributed by atoms with Crippen LogP contribution in [0.15, 0.2) is 29.8 Å². The van der Waals surface area contributed by atoms with Gasteiger partial charge in [0.25, 0.3) is 0 Å². The highest BCUT2D eigenvalue weighted by Crippen LogP contribution is 2.26. The third kappa shape index (κ3) is 2.45.